The summed E-state index contributed by atoms with van der Waals surface area (Å²) in [6.45, 7) is 2.91. The molecule has 0 saturated heterocycles. The van der Waals surface area contributed by atoms with E-state index in [4.69, 9.17) is 10.7 Å². The molecule has 0 unspecified atom stereocenters. The Balaban J connectivity index is 1.73. The van der Waals surface area contributed by atoms with Gasteiger partial charge in [-0.15, -0.1) is 0 Å². The third-order valence-electron chi connectivity index (χ3n) is 5.31. The fourth-order valence-electron chi connectivity index (χ4n) is 3.78. The molecule has 0 bridgehead atoms. The SMILES string of the molecule is NC(=C(C1=NCCN(Cc2ccccc2)C1)c1ccnc(NC=O)c1)c1ccc(F)cc1. The molecule has 1 aromatic heterocycles. The van der Waals surface area contributed by atoms with Crippen LogP contribution in [0.3, 0.4) is 0 Å². The number of carbonyl (C=O) groups is 1. The van der Waals surface area contributed by atoms with Gasteiger partial charge < -0.3 is 11.1 Å². The van der Waals surface area contributed by atoms with Crippen molar-refractivity contribution in [3.8, 4) is 0 Å². The van der Waals surface area contributed by atoms with Crippen molar-refractivity contribution in [1.82, 2.24) is 9.88 Å². The van der Waals surface area contributed by atoms with Crippen LogP contribution in [0.25, 0.3) is 11.3 Å². The van der Waals surface area contributed by atoms with Crippen molar-refractivity contribution in [2.24, 2.45) is 10.7 Å². The Labute approximate surface area is 186 Å². The van der Waals surface area contributed by atoms with Crippen LogP contribution >= 0.6 is 0 Å². The van der Waals surface area contributed by atoms with Gasteiger partial charge in [-0.3, -0.25) is 14.7 Å². The van der Waals surface area contributed by atoms with Crippen LogP contribution < -0.4 is 11.1 Å². The second kappa shape index (κ2) is 9.98. The number of pyridine rings is 1. The Hall–Kier alpha value is -3.84. The van der Waals surface area contributed by atoms with E-state index in [1.807, 2.05) is 24.3 Å². The summed E-state index contributed by atoms with van der Waals surface area (Å²) in [6, 6.07) is 20.0. The smallest absolute Gasteiger partial charge is 0.212 e. The molecule has 0 fully saturated rings. The number of hydrogen-bond donors (Lipinski definition) is 2. The maximum atomic E-state index is 13.5. The van der Waals surface area contributed by atoms with E-state index in [1.165, 1.54) is 17.7 Å². The first kappa shape index (κ1) is 21.4. The monoisotopic (exact) mass is 429 g/mol. The van der Waals surface area contributed by atoms with Crippen molar-refractivity contribution in [2.45, 2.75) is 6.54 Å². The molecule has 3 N–H and O–H groups in total. The molecule has 0 saturated carbocycles. The molecule has 0 aliphatic carbocycles. The first-order chi connectivity index (χ1) is 15.6. The quantitative estimate of drug-likeness (QED) is 0.563. The van der Waals surface area contributed by atoms with Crippen LogP contribution in [0, 0.1) is 5.82 Å². The maximum absolute atomic E-state index is 13.5. The van der Waals surface area contributed by atoms with Crippen molar-refractivity contribution >= 4 is 29.2 Å². The lowest BCUT2D eigenvalue weighted by Gasteiger charge is -2.28. The summed E-state index contributed by atoms with van der Waals surface area (Å²) in [5.41, 5.74) is 11.4. The van der Waals surface area contributed by atoms with Crippen LogP contribution in [-0.4, -0.2) is 41.6 Å². The van der Waals surface area contributed by atoms with Crippen molar-refractivity contribution in [3.63, 3.8) is 0 Å². The average molecular weight is 429 g/mol. The topological polar surface area (TPSA) is 83.6 Å². The third-order valence-corrected chi connectivity index (χ3v) is 5.31. The van der Waals surface area contributed by atoms with E-state index in [0.29, 0.717) is 36.6 Å². The number of halogens is 1. The molecule has 0 spiro atoms. The van der Waals surface area contributed by atoms with Gasteiger partial charge in [0.1, 0.15) is 11.6 Å². The molecule has 4 rings (SSSR count). The molecule has 0 radical (unpaired) electrons. The Morgan fingerprint density at radius 3 is 2.62 bits per heavy atom. The van der Waals surface area contributed by atoms with Gasteiger partial charge in [-0.25, -0.2) is 9.37 Å². The molecule has 162 valence electrons. The Morgan fingerprint density at radius 1 is 1.09 bits per heavy atom. The predicted molar refractivity (Wildman–Crippen MR) is 125 cm³/mol. The van der Waals surface area contributed by atoms with Gasteiger partial charge in [0, 0.05) is 37.1 Å². The fourth-order valence-corrected chi connectivity index (χ4v) is 3.78. The lowest BCUT2D eigenvalue weighted by molar-refractivity contribution is -0.105. The van der Waals surface area contributed by atoms with Crippen molar-refractivity contribution < 1.29 is 9.18 Å². The highest BCUT2D eigenvalue weighted by Gasteiger charge is 2.22. The molecule has 7 heteroatoms. The van der Waals surface area contributed by atoms with E-state index in [0.717, 1.165) is 29.9 Å². The molecule has 2 aromatic carbocycles. The van der Waals surface area contributed by atoms with Crippen molar-refractivity contribution in [1.29, 1.82) is 0 Å². The summed E-state index contributed by atoms with van der Waals surface area (Å²) in [5, 5.41) is 2.58. The molecule has 3 aromatic rings. The summed E-state index contributed by atoms with van der Waals surface area (Å²) >= 11 is 0. The predicted octanol–water partition coefficient (Wildman–Crippen LogP) is 3.57. The number of rotatable bonds is 7. The number of anilines is 1. The van der Waals surface area contributed by atoms with E-state index in [9.17, 15) is 9.18 Å². The van der Waals surface area contributed by atoms with E-state index in [-0.39, 0.29) is 5.82 Å². The number of nitrogens with zero attached hydrogens (tertiary/aromatic N) is 3. The lowest BCUT2D eigenvalue weighted by Crippen LogP contribution is -2.36. The highest BCUT2D eigenvalue weighted by atomic mass is 19.1. The maximum Gasteiger partial charge on any atom is 0.212 e. The minimum absolute atomic E-state index is 0.325. The number of carbonyl (C=O) groups excluding carboxylic acids is 1. The number of aliphatic imine (C=N–C) groups is 1. The van der Waals surface area contributed by atoms with Gasteiger partial charge in [0.2, 0.25) is 6.41 Å². The minimum atomic E-state index is -0.325. The van der Waals surface area contributed by atoms with Gasteiger partial charge in [-0.2, -0.15) is 0 Å². The Morgan fingerprint density at radius 2 is 1.88 bits per heavy atom. The lowest BCUT2D eigenvalue weighted by atomic mass is 9.95. The van der Waals surface area contributed by atoms with Crippen LogP contribution in [0.2, 0.25) is 0 Å². The zero-order chi connectivity index (χ0) is 22.3. The summed E-state index contributed by atoms with van der Waals surface area (Å²) in [7, 11) is 0. The Kier molecular flexibility index (Phi) is 6.67. The highest BCUT2D eigenvalue weighted by Crippen LogP contribution is 2.27. The molecular formula is C25H24FN5O. The summed E-state index contributed by atoms with van der Waals surface area (Å²) in [4.78, 5) is 22.2. The van der Waals surface area contributed by atoms with Crippen LogP contribution in [0.15, 0.2) is 77.9 Å². The zero-order valence-corrected chi connectivity index (χ0v) is 17.5. The molecule has 1 aliphatic heterocycles. The molecule has 1 amide bonds. The van der Waals surface area contributed by atoms with Crippen LogP contribution in [0.5, 0.6) is 0 Å². The first-order valence-corrected chi connectivity index (χ1v) is 10.4. The standard InChI is InChI=1S/C25H24FN5O/c26-21-8-6-19(7-9-21)25(27)24(20-10-11-29-23(14-20)30-17-32)22-16-31(13-12-28-22)15-18-4-2-1-3-5-18/h1-11,14,17H,12-13,15-16,27H2,(H,29,30,32). The normalized spacial score (nSPS) is 15.0. The van der Waals surface area contributed by atoms with Gasteiger partial charge in [-0.1, -0.05) is 30.3 Å². The van der Waals surface area contributed by atoms with E-state index in [2.05, 4.69) is 27.3 Å². The van der Waals surface area contributed by atoms with Gasteiger partial charge in [0.05, 0.1) is 12.3 Å². The fraction of sp³-hybridized carbons (Fsp3) is 0.160. The molecule has 6 nitrogen and oxygen atoms in total. The molecule has 0 atom stereocenters. The zero-order valence-electron chi connectivity index (χ0n) is 17.5. The number of nitrogens with one attached hydrogen (secondary N) is 1. The number of amides is 1. The van der Waals surface area contributed by atoms with Gasteiger partial charge >= 0.3 is 0 Å². The van der Waals surface area contributed by atoms with Crippen molar-refractivity contribution in [2.75, 3.05) is 25.0 Å². The number of aromatic nitrogens is 1. The van der Waals surface area contributed by atoms with Crippen LogP contribution in [-0.2, 0) is 11.3 Å². The van der Waals surface area contributed by atoms with Gasteiger partial charge in [-0.05, 0) is 53.1 Å². The number of nitrogens with two attached hydrogens (primary N) is 1. The van der Waals surface area contributed by atoms with E-state index < -0.39 is 0 Å². The average Bonchev–Trinajstić information content (AvgIpc) is 2.81. The van der Waals surface area contributed by atoms with Crippen molar-refractivity contribution in [3.05, 3.63) is 95.4 Å². The first-order valence-electron chi connectivity index (χ1n) is 10.4. The second-order valence-corrected chi connectivity index (χ2v) is 7.51. The molecule has 32 heavy (non-hydrogen) atoms. The van der Waals surface area contributed by atoms with Gasteiger partial charge in [0.25, 0.3) is 0 Å². The van der Waals surface area contributed by atoms with E-state index >= 15 is 0 Å². The number of benzene rings is 2. The number of hydrogen-bond acceptors (Lipinski definition) is 5. The van der Waals surface area contributed by atoms with Crippen LogP contribution in [0.4, 0.5) is 10.2 Å². The summed E-state index contributed by atoms with van der Waals surface area (Å²) < 4.78 is 13.5. The highest BCUT2D eigenvalue weighted by molar-refractivity contribution is 6.31. The molecule has 2 heterocycles. The summed E-state index contributed by atoms with van der Waals surface area (Å²) in [6.07, 6.45) is 2.20. The Bertz CT molecular complexity index is 1140. The van der Waals surface area contributed by atoms with Crippen LogP contribution in [0.1, 0.15) is 16.7 Å². The van der Waals surface area contributed by atoms with E-state index in [1.54, 1.807) is 24.4 Å². The summed E-state index contributed by atoms with van der Waals surface area (Å²) in [5.74, 6) is 0.0907. The second-order valence-electron chi connectivity index (χ2n) is 7.51. The third kappa shape index (κ3) is 5.07. The largest absolute Gasteiger partial charge is 0.398 e. The van der Waals surface area contributed by atoms with Gasteiger partial charge in [0.15, 0.2) is 0 Å². The molecular weight excluding hydrogens is 405 g/mol. The minimum Gasteiger partial charge on any atom is -0.398 e. The molecule has 1 aliphatic rings.